The predicted molar refractivity (Wildman–Crippen MR) is 132 cm³/mol. The van der Waals surface area contributed by atoms with Crippen molar-refractivity contribution in [2.24, 2.45) is 5.92 Å². The Kier molecular flexibility index (Phi) is 4.36. The monoisotopic (exact) mass is 494 g/mol. The van der Waals surface area contributed by atoms with Gasteiger partial charge < -0.3 is 24.1 Å². The molecular formula is C29H34O7. The normalized spacial score (nSPS) is 37.9. The number of rotatable bonds is 3. The third-order valence-electron chi connectivity index (χ3n) is 9.49. The van der Waals surface area contributed by atoms with Gasteiger partial charge in [-0.05, 0) is 47.1 Å². The number of hydrogen-bond acceptors (Lipinski definition) is 7. The lowest BCUT2D eigenvalue weighted by atomic mass is 9.49. The van der Waals surface area contributed by atoms with Gasteiger partial charge in [0, 0.05) is 42.1 Å². The maximum atomic E-state index is 14.4. The molecule has 7 heteroatoms. The molecule has 0 amide bonds. The van der Waals surface area contributed by atoms with E-state index in [1.807, 2.05) is 54.5 Å². The van der Waals surface area contributed by atoms with Crippen molar-refractivity contribution < 1.29 is 33.6 Å². The van der Waals surface area contributed by atoms with Crippen LogP contribution in [0.15, 0.2) is 29.4 Å². The van der Waals surface area contributed by atoms with E-state index in [0.29, 0.717) is 23.5 Å². The lowest BCUT2D eigenvalue weighted by Crippen LogP contribution is -2.77. The Balaban J connectivity index is 1.71. The highest BCUT2D eigenvalue weighted by Gasteiger charge is 2.84. The Morgan fingerprint density at radius 3 is 2.56 bits per heavy atom. The minimum absolute atomic E-state index is 0.109. The zero-order chi connectivity index (χ0) is 26.2. The molecule has 1 spiro atoms. The molecule has 0 radical (unpaired) electrons. The molecule has 192 valence electrons. The molecule has 0 aromatic heterocycles. The second kappa shape index (κ2) is 6.62. The van der Waals surface area contributed by atoms with Crippen molar-refractivity contribution in [3.05, 3.63) is 40.5 Å². The minimum atomic E-state index is -1.46. The van der Waals surface area contributed by atoms with Crippen molar-refractivity contribution in [2.75, 3.05) is 7.11 Å². The standard InChI is InChI=1S/C29H34O7/c1-14(2)9-10-28-24(32)27(33-8)12-16-22(31)20-17(30)11-18-21(25(4,5)15(3)34-18)23(20)35-29(16,28)19(13-27)26(6,7)36-28/h9,11-12,15,19,30H,10,13H2,1-8H3/t15-,19-,27-,28-,29+/m1/s1. The van der Waals surface area contributed by atoms with Gasteiger partial charge in [-0.15, -0.1) is 0 Å². The Bertz CT molecular complexity index is 1310. The van der Waals surface area contributed by atoms with Gasteiger partial charge in [0.2, 0.25) is 5.78 Å². The van der Waals surface area contributed by atoms with Crippen LogP contribution in [0.25, 0.3) is 0 Å². The molecule has 1 N–H and O–H groups in total. The summed E-state index contributed by atoms with van der Waals surface area (Å²) in [6.07, 6.45) is 4.00. The number of fused-ring (bicyclic) bond motifs is 3. The summed E-state index contributed by atoms with van der Waals surface area (Å²) in [5.74, 6) is -0.319. The zero-order valence-corrected chi connectivity index (χ0v) is 22.2. The number of Topliss-reactive ketones (excluding diaryl/α,β-unsaturated/α-hetero) is 2. The molecule has 4 bridgehead atoms. The Labute approximate surface area is 211 Å². The third kappa shape index (κ3) is 2.37. The van der Waals surface area contributed by atoms with E-state index in [2.05, 4.69) is 0 Å². The lowest BCUT2D eigenvalue weighted by Gasteiger charge is -2.59. The van der Waals surface area contributed by atoms with Crippen LogP contribution in [0.3, 0.4) is 0 Å². The maximum Gasteiger partial charge on any atom is 0.205 e. The van der Waals surface area contributed by atoms with Gasteiger partial charge in [-0.3, -0.25) is 9.59 Å². The van der Waals surface area contributed by atoms with E-state index in [9.17, 15) is 14.7 Å². The van der Waals surface area contributed by atoms with Crippen molar-refractivity contribution in [1.82, 2.24) is 0 Å². The van der Waals surface area contributed by atoms with Gasteiger partial charge in [0.25, 0.3) is 0 Å². The van der Waals surface area contributed by atoms with Crippen molar-refractivity contribution in [2.45, 2.75) is 95.2 Å². The molecule has 7 nitrogen and oxygen atoms in total. The number of benzene rings is 1. The van der Waals surface area contributed by atoms with Crippen LogP contribution in [0.1, 0.15) is 77.2 Å². The number of allylic oxidation sites excluding steroid dienone is 1. The first kappa shape index (κ1) is 23.7. The minimum Gasteiger partial charge on any atom is -0.507 e. The number of carbonyl (C=O) groups excluding carboxylic acids is 2. The molecule has 1 aromatic rings. The number of phenolic OH excluding ortho intramolecular Hbond substituents is 1. The first-order valence-corrected chi connectivity index (χ1v) is 12.7. The molecule has 7 rings (SSSR count). The summed E-state index contributed by atoms with van der Waals surface area (Å²) in [6, 6.07) is 1.51. The molecule has 1 aromatic carbocycles. The molecule has 36 heavy (non-hydrogen) atoms. The summed E-state index contributed by atoms with van der Waals surface area (Å²) < 4.78 is 25.8. The van der Waals surface area contributed by atoms with Crippen molar-refractivity contribution in [3.8, 4) is 17.2 Å². The maximum absolute atomic E-state index is 14.4. The van der Waals surface area contributed by atoms with Crippen molar-refractivity contribution in [1.29, 1.82) is 0 Å². The number of ether oxygens (including phenoxy) is 4. The van der Waals surface area contributed by atoms with Crippen LogP contribution < -0.4 is 9.47 Å². The highest BCUT2D eigenvalue weighted by Crippen LogP contribution is 2.70. The number of methoxy groups -OCH3 is 1. The van der Waals surface area contributed by atoms with E-state index in [0.717, 1.165) is 11.1 Å². The van der Waals surface area contributed by atoms with Gasteiger partial charge in [0.1, 0.15) is 34.5 Å². The number of hydrogen-bond donors (Lipinski definition) is 1. The summed E-state index contributed by atoms with van der Waals surface area (Å²) in [5.41, 5.74) is -3.17. The molecule has 2 fully saturated rings. The average Bonchev–Trinajstić information content (AvgIpc) is 3.10. The molecule has 5 atom stereocenters. The second-order valence-corrected chi connectivity index (χ2v) is 12.4. The van der Waals surface area contributed by atoms with Crippen molar-refractivity contribution >= 4 is 11.6 Å². The quantitative estimate of drug-likeness (QED) is 0.615. The van der Waals surface area contributed by atoms with Gasteiger partial charge in [0.05, 0.1) is 5.60 Å². The van der Waals surface area contributed by atoms with E-state index >= 15 is 0 Å². The average molecular weight is 495 g/mol. The number of aromatic hydroxyl groups is 1. The van der Waals surface area contributed by atoms with Gasteiger partial charge >= 0.3 is 0 Å². The molecule has 0 unspecified atom stereocenters. The van der Waals surface area contributed by atoms with Gasteiger partial charge in [-0.1, -0.05) is 25.5 Å². The topological polar surface area (TPSA) is 91.3 Å². The molecule has 3 aliphatic heterocycles. The number of ketones is 2. The summed E-state index contributed by atoms with van der Waals surface area (Å²) in [4.78, 5) is 28.7. The van der Waals surface area contributed by atoms with Crippen LogP contribution in [-0.4, -0.2) is 52.3 Å². The highest BCUT2D eigenvalue weighted by molar-refractivity contribution is 6.19. The van der Waals surface area contributed by atoms with E-state index in [-0.39, 0.29) is 41.3 Å². The third-order valence-corrected chi connectivity index (χ3v) is 9.49. The summed E-state index contributed by atoms with van der Waals surface area (Å²) in [5, 5.41) is 11.0. The lowest BCUT2D eigenvalue weighted by molar-refractivity contribution is -0.190. The van der Waals surface area contributed by atoms with Crippen LogP contribution >= 0.6 is 0 Å². The Morgan fingerprint density at radius 2 is 1.92 bits per heavy atom. The van der Waals surface area contributed by atoms with Crippen LogP contribution in [0.5, 0.6) is 17.2 Å². The van der Waals surface area contributed by atoms with E-state index in [1.54, 1.807) is 6.08 Å². The molecule has 3 heterocycles. The molecular weight excluding hydrogens is 460 g/mol. The molecule has 6 aliphatic rings. The van der Waals surface area contributed by atoms with E-state index < -0.39 is 27.8 Å². The fourth-order valence-corrected chi connectivity index (χ4v) is 7.37. The van der Waals surface area contributed by atoms with Gasteiger partial charge in [-0.2, -0.15) is 0 Å². The first-order chi connectivity index (χ1) is 16.7. The van der Waals surface area contributed by atoms with Crippen molar-refractivity contribution in [3.63, 3.8) is 0 Å². The smallest absolute Gasteiger partial charge is 0.205 e. The second-order valence-electron chi connectivity index (χ2n) is 12.4. The molecule has 1 saturated heterocycles. The molecule has 3 aliphatic carbocycles. The Hall–Kier alpha value is -2.64. The number of carbonyl (C=O) groups is 2. The SMILES string of the molecule is CO[C@]12C=C3C(=O)c4c(O)cc5c(c4O[C@]34[C@H](C1)C(C)(C)O[C@]4(CC=C(C)C)C2=O)C(C)(C)[C@@H](C)O5. The molecule has 1 saturated carbocycles. The summed E-state index contributed by atoms with van der Waals surface area (Å²) >= 11 is 0. The van der Waals surface area contributed by atoms with Crippen LogP contribution in [0.4, 0.5) is 0 Å². The first-order valence-electron chi connectivity index (χ1n) is 12.7. The van der Waals surface area contributed by atoms with Crippen LogP contribution in [0, 0.1) is 5.92 Å². The summed E-state index contributed by atoms with van der Waals surface area (Å²) in [7, 11) is 1.50. The van der Waals surface area contributed by atoms with E-state index in [1.165, 1.54) is 13.2 Å². The zero-order valence-electron chi connectivity index (χ0n) is 22.2. The fourth-order valence-electron chi connectivity index (χ4n) is 7.37. The number of phenols is 1. The largest absolute Gasteiger partial charge is 0.507 e. The van der Waals surface area contributed by atoms with Gasteiger partial charge in [-0.25, -0.2) is 0 Å². The predicted octanol–water partition coefficient (Wildman–Crippen LogP) is 4.58. The fraction of sp³-hybridized carbons (Fsp3) is 0.586. The van der Waals surface area contributed by atoms with Crippen LogP contribution in [0.2, 0.25) is 0 Å². The summed E-state index contributed by atoms with van der Waals surface area (Å²) in [6.45, 7) is 13.9. The van der Waals surface area contributed by atoms with E-state index in [4.69, 9.17) is 18.9 Å². The van der Waals surface area contributed by atoms with Crippen LogP contribution in [-0.2, 0) is 19.7 Å². The van der Waals surface area contributed by atoms with Gasteiger partial charge in [0.15, 0.2) is 17.0 Å². The highest BCUT2D eigenvalue weighted by atomic mass is 16.6. The Morgan fingerprint density at radius 1 is 1.22 bits per heavy atom.